The number of hydrogen-bond donors (Lipinski definition) is 1. The van der Waals surface area contributed by atoms with Crippen LogP contribution in [0.5, 0.6) is 0 Å². The topological polar surface area (TPSA) is 73.2 Å². The molecule has 0 aliphatic heterocycles. The second kappa shape index (κ2) is 8.79. The van der Waals surface area contributed by atoms with Crippen molar-refractivity contribution in [2.45, 2.75) is 13.5 Å². The molecule has 156 valence electrons. The van der Waals surface area contributed by atoms with Crippen molar-refractivity contribution >= 4 is 22.8 Å². The Hall–Kier alpha value is -4.00. The summed E-state index contributed by atoms with van der Waals surface area (Å²) in [7, 11) is 0. The van der Waals surface area contributed by atoms with Gasteiger partial charge in [0, 0.05) is 11.9 Å². The van der Waals surface area contributed by atoms with Crippen molar-refractivity contribution in [1.29, 1.82) is 0 Å². The Morgan fingerprint density at radius 2 is 1.77 bits per heavy atom. The highest BCUT2D eigenvalue weighted by Crippen LogP contribution is 2.22. The molecule has 31 heavy (non-hydrogen) atoms. The van der Waals surface area contributed by atoms with E-state index in [9.17, 15) is 14.0 Å². The van der Waals surface area contributed by atoms with E-state index < -0.39 is 0 Å². The Kier molecular flexibility index (Phi) is 5.75. The molecule has 7 heteroatoms. The molecule has 6 nitrogen and oxygen atoms in total. The van der Waals surface area contributed by atoms with Crippen LogP contribution in [0.2, 0.25) is 0 Å². The highest BCUT2D eigenvalue weighted by atomic mass is 19.1. The lowest BCUT2D eigenvalue weighted by atomic mass is 10.1. The molecule has 0 radical (unpaired) electrons. The van der Waals surface area contributed by atoms with Crippen LogP contribution in [0, 0.1) is 5.82 Å². The minimum absolute atomic E-state index is 0.237. The number of rotatable bonds is 6. The summed E-state index contributed by atoms with van der Waals surface area (Å²) in [6.45, 7) is 2.39. The Labute approximate surface area is 178 Å². The first-order valence-corrected chi connectivity index (χ1v) is 9.84. The van der Waals surface area contributed by atoms with Crippen LogP contribution in [0.4, 0.5) is 4.39 Å². The summed E-state index contributed by atoms with van der Waals surface area (Å²) >= 11 is 0. The summed E-state index contributed by atoms with van der Waals surface area (Å²) in [5, 5.41) is 7.96. The monoisotopic (exact) mass is 417 g/mol. The van der Waals surface area contributed by atoms with Crippen LogP contribution in [-0.2, 0) is 11.3 Å². The second-order valence-corrected chi connectivity index (χ2v) is 6.87. The number of esters is 1. The van der Waals surface area contributed by atoms with Crippen molar-refractivity contribution in [3.8, 4) is 5.69 Å². The van der Waals surface area contributed by atoms with Gasteiger partial charge in [0.05, 0.1) is 35.1 Å². The zero-order valence-electron chi connectivity index (χ0n) is 16.8. The maximum Gasteiger partial charge on any atom is 0.338 e. The third-order valence-electron chi connectivity index (χ3n) is 4.85. The van der Waals surface area contributed by atoms with Crippen molar-refractivity contribution in [2.24, 2.45) is 0 Å². The van der Waals surface area contributed by atoms with E-state index in [1.54, 1.807) is 66.3 Å². The SMILES string of the molecule is CCOC(=O)c1ccc(CNC(=O)c2cccc3c2cnn3-c2ccc(F)cc2)cc1. The van der Waals surface area contributed by atoms with Crippen LogP contribution in [0.25, 0.3) is 16.6 Å². The highest BCUT2D eigenvalue weighted by molar-refractivity contribution is 6.06. The van der Waals surface area contributed by atoms with E-state index in [1.807, 2.05) is 6.07 Å². The third kappa shape index (κ3) is 4.30. The lowest BCUT2D eigenvalue weighted by Crippen LogP contribution is -2.23. The number of carbonyl (C=O) groups excluding carboxylic acids is 2. The van der Waals surface area contributed by atoms with Crippen LogP contribution in [0.15, 0.2) is 72.9 Å². The molecule has 0 unspecified atom stereocenters. The molecular formula is C24H20FN3O3. The zero-order valence-corrected chi connectivity index (χ0v) is 16.8. The molecule has 1 aromatic heterocycles. The quantitative estimate of drug-likeness (QED) is 0.476. The summed E-state index contributed by atoms with van der Waals surface area (Å²) in [4.78, 5) is 24.5. The van der Waals surface area contributed by atoms with Crippen LogP contribution in [0.1, 0.15) is 33.2 Å². The van der Waals surface area contributed by atoms with Crippen molar-refractivity contribution < 1.29 is 18.7 Å². The number of amides is 1. The molecule has 1 heterocycles. The number of carbonyl (C=O) groups is 2. The van der Waals surface area contributed by atoms with Crippen molar-refractivity contribution in [3.63, 3.8) is 0 Å². The lowest BCUT2D eigenvalue weighted by Gasteiger charge is -2.08. The van der Waals surface area contributed by atoms with Gasteiger partial charge in [0.25, 0.3) is 5.91 Å². The fraction of sp³-hybridized carbons (Fsp3) is 0.125. The van der Waals surface area contributed by atoms with Crippen LogP contribution in [-0.4, -0.2) is 28.3 Å². The Morgan fingerprint density at radius 3 is 2.48 bits per heavy atom. The van der Waals surface area contributed by atoms with Gasteiger partial charge in [-0.15, -0.1) is 0 Å². The first-order valence-electron chi connectivity index (χ1n) is 9.84. The Bertz CT molecular complexity index is 1230. The van der Waals surface area contributed by atoms with Crippen molar-refractivity contribution in [2.75, 3.05) is 6.61 Å². The van der Waals surface area contributed by atoms with Gasteiger partial charge in [-0.1, -0.05) is 18.2 Å². The van der Waals surface area contributed by atoms with Gasteiger partial charge in [0.15, 0.2) is 0 Å². The predicted molar refractivity (Wildman–Crippen MR) is 115 cm³/mol. The Balaban J connectivity index is 1.51. The molecule has 4 rings (SSSR count). The van der Waals surface area contributed by atoms with E-state index in [-0.39, 0.29) is 17.7 Å². The molecule has 1 amide bonds. The maximum absolute atomic E-state index is 13.2. The average Bonchev–Trinajstić information content (AvgIpc) is 3.23. The molecule has 4 aromatic rings. The van der Waals surface area contributed by atoms with Crippen molar-refractivity contribution in [1.82, 2.24) is 15.1 Å². The molecule has 0 spiro atoms. The number of fused-ring (bicyclic) bond motifs is 1. The van der Waals surface area contributed by atoms with Gasteiger partial charge in [-0.3, -0.25) is 4.79 Å². The summed E-state index contributed by atoms with van der Waals surface area (Å²) in [5.74, 6) is -0.933. The van der Waals surface area contributed by atoms with Gasteiger partial charge in [-0.05, 0) is 61.0 Å². The van der Waals surface area contributed by atoms with Gasteiger partial charge in [-0.2, -0.15) is 5.10 Å². The first kappa shape index (κ1) is 20.3. The maximum atomic E-state index is 13.2. The summed E-state index contributed by atoms with van der Waals surface area (Å²) in [6.07, 6.45) is 1.63. The third-order valence-corrected chi connectivity index (χ3v) is 4.85. The molecule has 0 saturated carbocycles. The van der Waals surface area contributed by atoms with E-state index in [2.05, 4.69) is 10.4 Å². The van der Waals surface area contributed by atoms with Gasteiger partial charge in [0.2, 0.25) is 0 Å². The van der Waals surface area contributed by atoms with E-state index >= 15 is 0 Å². The smallest absolute Gasteiger partial charge is 0.338 e. The summed E-state index contributed by atoms with van der Waals surface area (Å²) in [6, 6.07) is 18.3. The number of ether oxygens (including phenoxy) is 1. The van der Waals surface area contributed by atoms with Gasteiger partial charge < -0.3 is 10.1 Å². The number of nitrogens with one attached hydrogen (secondary N) is 1. The van der Waals surface area contributed by atoms with Crippen LogP contribution in [0.3, 0.4) is 0 Å². The average molecular weight is 417 g/mol. The molecule has 3 aromatic carbocycles. The number of hydrogen-bond acceptors (Lipinski definition) is 4. The van der Waals surface area contributed by atoms with Gasteiger partial charge >= 0.3 is 5.97 Å². The van der Waals surface area contributed by atoms with E-state index in [0.29, 0.717) is 35.4 Å². The standard InChI is InChI=1S/C24H20FN3O3/c1-2-31-24(30)17-8-6-16(7-9-17)14-26-23(29)20-4-3-5-22-21(20)15-27-28(22)19-12-10-18(25)11-13-19/h3-13,15H,2,14H2,1H3,(H,26,29). The van der Waals surface area contributed by atoms with Crippen LogP contribution >= 0.6 is 0 Å². The molecule has 0 saturated heterocycles. The number of aromatic nitrogens is 2. The van der Waals surface area contributed by atoms with E-state index in [0.717, 1.165) is 11.1 Å². The number of nitrogens with zero attached hydrogens (tertiary/aromatic N) is 2. The van der Waals surface area contributed by atoms with Gasteiger partial charge in [-0.25, -0.2) is 13.9 Å². The normalized spacial score (nSPS) is 10.8. The van der Waals surface area contributed by atoms with Crippen molar-refractivity contribution in [3.05, 3.63) is 95.4 Å². The number of halogens is 1. The molecule has 1 N–H and O–H groups in total. The molecule has 0 fully saturated rings. The molecule has 0 bridgehead atoms. The zero-order chi connectivity index (χ0) is 21.8. The molecule has 0 atom stereocenters. The van der Waals surface area contributed by atoms with E-state index in [1.165, 1.54) is 12.1 Å². The summed E-state index contributed by atoms with van der Waals surface area (Å²) in [5.41, 5.74) is 3.27. The van der Waals surface area contributed by atoms with Gasteiger partial charge in [0.1, 0.15) is 5.82 Å². The molecule has 0 aliphatic rings. The summed E-state index contributed by atoms with van der Waals surface area (Å²) < 4.78 is 19.9. The molecule has 0 aliphatic carbocycles. The molecular weight excluding hydrogens is 397 g/mol. The minimum Gasteiger partial charge on any atom is -0.462 e. The van der Waals surface area contributed by atoms with E-state index in [4.69, 9.17) is 4.74 Å². The first-order chi connectivity index (χ1) is 15.1. The fourth-order valence-electron chi connectivity index (χ4n) is 3.29. The minimum atomic E-state index is -0.372. The number of benzene rings is 3. The predicted octanol–water partition coefficient (Wildman–Crippen LogP) is 4.27. The van der Waals surface area contributed by atoms with Crippen LogP contribution < -0.4 is 5.32 Å². The largest absolute Gasteiger partial charge is 0.462 e. The Morgan fingerprint density at radius 1 is 1.03 bits per heavy atom. The highest BCUT2D eigenvalue weighted by Gasteiger charge is 2.14. The second-order valence-electron chi connectivity index (χ2n) is 6.87. The fourth-order valence-corrected chi connectivity index (χ4v) is 3.29. The lowest BCUT2D eigenvalue weighted by molar-refractivity contribution is 0.0526.